The molecule has 2 amide bonds. The Bertz CT molecular complexity index is 744. The first-order valence-electron chi connectivity index (χ1n) is 7.39. The fraction of sp³-hybridized carbons (Fsp3) is 0.167. The molecule has 3 nitrogen and oxygen atoms in total. The van der Waals surface area contributed by atoms with Crippen molar-refractivity contribution < 1.29 is 13.6 Å². The molecular weight excluding hydrogens is 298 g/mol. The van der Waals surface area contributed by atoms with Crippen molar-refractivity contribution in [2.45, 2.75) is 6.42 Å². The first kappa shape index (κ1) is 15.2. The van der Waals surface area contributed by atoms with E-state index in [1.54, 1.807) is 4.90 Å². The van der Waals surface area contributed by atoms with Crippen LogP contribution in [0.5, 0.6) is 0 Å². The van der Waals surface area contributed by atoms with Gasteiger partial charge in [0.05, 0.1) is 5.69 Å². The summed E-state index contributed by atoms with van der Waals surface area (Å²) >= 11 is 0. The van der Waals surface area contributed by atoms with Crippen LogP contribution in [0.25, 0.3) is 5.57 Å². The molecule has 5 heteroatoms. The summed E-state index contributed by atoms with van der Waals surface area (Å²) in [5.74, 6) is -1.45. The lowest BCUT2D eigenvalue weighted by Crippen LogP contribution is -2.38. The van der Waals surface area contributed by atoms with Gasteiger partial charge in [0.25, 0.3) is 0 Å². The summed E-state index contributed by atoms with van der Waals surface area (Å²) in [6.45, 7) is 1.01. The summed E-state index contributed by atoms with van der Waals surface area (Å²) in [6, 6.07) is 12.7. The molecule has 2 aromatic carbocycles. The number of anilines is 1. The van der Waals surface area contributed by atoms with Crippen LogP contribution >= 0.6 is 0 Å². The van der Waals surface area contributed by atoms with Crippen molar-refractivity contribution in [2.24, 2.45) is 0 Å². The highest BCUT2D eigenvalue weighted by Crippen LogP contribution is 2.23. The molecule has 0 fully saturated rings. The first-order valence-corrected chi connectivity index (χ1v) is 7.39. The summed E-state index contributed by atoms with van der Waals surface area (Å²) < 4.78 is 26.4. The van der Waals surface area contributed by atoms with E-state index < -0.39 is 11.6 Å². The number of nitrogens with one attached hydrogen (secondary N) is 1. The molecule has 0 unspecified atom stereocenters. The number of nitrogens with zero attached hydrogens (tertiary/aromatic N) is 1. The Morgan fingerprint density at radius 3 is 2.52 bits per heavy atom. The smallest absolute Gasteiger partial charge is 0.320 e. The van der Waals surface area contributed by atoms with Crippen LogP contribution in [0.3, 0.4) is 0 Å². The van der Waals surface area contributed by atoms with Crippen LogP contribution in [0.15, 0.2) is 54.6 Å². The van der Waals surface area contributed by atoms with Crippen molar-refractivity contribution in [2.75, 3.05) is 18.4 Å². The number of urea groups is 1. The van der Waals surface area contributed by atoms with E-state index in [0.717, 1.165) is 24.1 Å². The van der Waals surface area contributed by atoms with Crippen molar-refractivity contribution in [3.05, 3.63) is 71.8 Å². The molecule has 1 aliphatic rings. The fourth-order valence-electron chi connectivity index (χ4n) is 2.55. The molecule has 118 valence electrons. The maximum absolute atomic E-state index is 13.6. The lowest BCUT2D eigenvalue weighted by molar-refractivity contribution is 0.217. The van der Waals surface area contributed by atoms with Crippen molar-refractivity contribution in [1.29, 1.82) is 0 Å². The van der Waals surface area contributed by atoms with Crippen LogP contribution in [0.1, 0.15) is 12.0 Å². The third-order valence-corrected chi connectivity index (χ3v) is 3.81. The highest BCUT2D eigenvalue weighted by atomic mass is 19.1. The van der Waals surface area contributed by atoms with E-state index in [4.69, 9.17) is 0 Å². The van der Waals surface area contributed by atoms with Gasteiger partial charge in [0.2, 0.25) is 0 Å². The number of carbonyl (C=O) groups is 1. The molecule has 1 heterocycles. The van der Waals surface area contributed by atoms with Crippen LogP contribution in [0.2, 0.25) is 0 Å². The number of amides is 2. The van der Waals surface area contributed by atoms with Gasteiger partial charge in [-0.2, -0.15) is 0 Å². The molecule has 0 saturated heterocycles. The highest BCUT2D eigenvalue weighted by Gasteiger charge is 2.19. The molecule has 0 bridgehead atoms. The van der Waals surface area contributed by atoms with E-state index in [0.29, 0.717) is 13.1 Å². The van der Waals surface area contributed by atoms with Crippen LogP contribution in [0, 0.1) is 11.6 Å². The van der Waals surface area contributed by atoms with Gasteiger partial charge in [-0.05, 0) is 29.7 Å². The quantitative estimate of drug-likeness (QED) is 0.881. The van der Waals surface area contributed by atoms with Gasteiger partial charge in [-0.15, -0.1) is 0 Å². The molecule has 2 aromatic rings. The van der Waals surface area contributed by atoms with Crippen molar-refractivity contribution in [1.82, 2.24) is 4.90 Å². The number of carbonyl (C=O) groups excluding carboxylic acids is 1. The monoisotopic (exact) mass is 314 g/mol. The lowest BCUT2D eigenvalue weighted by atomic mass is 10.00. The Labute approximate surface area is 133 Å². The minimum absolute atomic E-state index is 0.0192. The summed E-state index contributed by atoms with van der Waals surface area (Å²) in [5, 5.41) is 2.48. The van der Waals surface area contributed by atoms with E-state index in [1.807, 2.05) is 36.4 Å². The van der Waals surface area contributed by atoms with Crippen LogP contribution in [-0.4, -0.2) is 24.0 Å². The zero-order chi connectivity index (χ0) is 16.2. The number of halogens is 2. The largest absolute Gasteiger partial charge is 0.322 e. The van der Waals surface area contributed by atoms with Gasteiger partial charge in [-0.3, -0.25) is 0 Å². The molecule has 0 radical (unpaired) electrons. The summed E-state index contributed by atoms with van der Waals surface area (Å²) in [5.41, 5.74) is 2.33. The summed E-state index contributed by atoms with van der Waals surface area (Å²) in [7, 11) is 0. The molecule has 0 spiro atoms. The van der Waals surface area contributed by atoms with Crippen molar-refractivity contribution in [3.63, 3.8) is 0 Å². The van der Waals surface area contributed by atoms with E-state index in [2.05, 4.69) is 5.32 Å². The standard InChI is InChI=1S/C18H16F2N2O/c19-15-6-7-17(16(20)12-15)21-18(23)22-10-8-14(9-11-22)13-4-2-1-3-5-13/h1-8,12H,9-11H2,(H,21,23). The Balaban J connectivity index is 1.65. The number of hydrogen-bond donors (Lipinski definition) is 1. The number of benzene rings is 2. The number of hydrogen-bond acceptors (Lipinski definition) is 1. The topological polar surface area (TPSA) is 32.3 Å². The van der Waals surface area contributed by atoms with E-state index >= 15 is 0 Å². The Morgan fingerprint density at radius 2 is 1.87 bits per heavy atom. The van der Waals surface area contributed by atoms with E-state index in [-0.39, 0.29) is 11.7 Å². The molecule has 3 rings (SSSR count). The predicted molar refractivity (Wildman–Crippen MR) is 86.0 cm³/mol. The van der Waals surface area contributed by atoms with Gasteiger partial charge in [0, 0.05) is 19.2 Å². The fourth-order valence-corrected chi connectivity index (χ4v) is 2.55. The predicted octanol–water partition coefficient (Wildman–Crippen LogP) is 4.29. The lowest BCUT2D eigenvalue weighted by Gasteiger charge is -2.27. The first-order chi connectivity index (χ1) is 11.1. The minimum Gasteiger partial charge on any atom is -0.320 e. The molecule has 1 aliphatic heterocycles. The third kappa shape index (κ3) is 3.56. The van der Waals surface area contributed by atoms with Gasteiger partial charge >= 0.3 is 6.03 Å². The molecule has 0 aromatic heterocycles. The molecule has 0 saturated carbocycles. The van der Waals surface area contributed by atoms with Gasteiger partial charge in [0.1, 0.15) is 11.6 Å². The zero-order valence-corrected chi connectivity index (χ0v) is 12.4. The second-order valence-electron chi connectivity index (χ2n) is 5.35. The van der Waals surface area contributed by atoms with Crippen molar-refractivity contribution >= 4 is 17.3 Å². The molecule has 0 aliphatic carbocycles. The molecule has 1 N–H and O–H groups in total. The van der Waals surface area contributed by atoms with Gasteiger partial charge in [0.15, 0.2) is 0 Å². The van der Waals surface area contributed by atoms with E-state index in [9.17, 15) is 13.6 Å². The Morgan fingerprint density at radius 1 is 1.09 bits per heavy atom. The van der Waals surface area contributed by atoms with Crippen LogP contribution in [0.4, 0.5) is 19.3 Å². The molecular formula is C18H16F2N2O. The summed E-state index contributed by atoms with van der Waals surface area (Å²) in [4.78, 5) is 13.8. The number of rotatable bonds is 2. The second kappa shape index (κ2) is 6.60. The van der Waals surface area contributed by atoms with Gasteiger partial charge in [-0.1, -0.05) is 36.4 Å². The highest BCUT2D eigenvalue weighted by molar-refractivity contribution is 5.90. The zero-order valence-electron chi connectivity index (χ0n) is 12.4. The maximum Gasteiger partial charge on any atom is 0.322 e. The maximum atomic E-state index is 13.6. The minimum atomic E-state index is -0.782. The third-order valence-electron chi connectivity index (χ3n) is 3.81. The SMILES string of the molecule is O=C(Nc1ccc(F)cc1F)N1CC=C(c2ccccc2)CC1. The average Bonchev–Trinajstić information content (AvgIpc) is 2.58. The Hall–Kier alpha value is -2.69. The van der Waals surface area contributed by atoms with Gasteiger partial charge < -0.3 is 10.2 Å². The molecule has 0 atom stereocenters. The Kier molecular flexibility index (Phi) is 4.37. The van der Waals surface area contributed by atoms with E-state index in [1.165, 1.54) is 11.6 Å². The van der Waals surface area contributed by atoms with Crippen molar-refractivity contribution in [3.8, 4) is 0 Å². The average molecular weight is 314 g/mol. The second-order valence-corrected chi connectivity index (χ2v) is 5.35. The van der Waals surface area contributed by atoms with Crippen LogP contribution < -0.4 is 5.32 Å². The van der Waals surface area contributed by atoms with Crippen LogP contribution in [-0.2, 0) is 0 Å². The normalized spacial score (nSPS) is 14.3. The molecule has 23 heavy (non-hydrogen) atoms. The summed E-state index contributed by atoms with van der Waals surface area (Å²) in [6.07, 6.45) is 2.74. The van der Waals surface area contributed by atoms with Gasteiger partial charge in [-0.25, -0.2) is 13.6 Å².